The van der Waals surface area contributed by atoms with Crippen LogP contribution in [0.1, 0.15) is 16.8 Å². The number of morpholine rings is 1. The number of hydrogen-bond donors (Lipinski definition) is 1. The number of nitrogens with two attached hydrogens (primary N) is 1. The van der Waals surface area contributed by atoms with Crippen molar-refractivity contribution in [3.63, 3.8) is 0 Å². The molecule has 1 aliphatic rings. The third-order valence-corrected chi connectivity index (χ3v) is 3.78. The van der Waals surface area contributed by atoms with Crippen LogP contribution in [0.4, 0.5) is 0 Å². The molecule has 5 heteroatoms. The molecule has 1 unspecified atom stereocenters. The number of rotatable bonds is 3. The highest BCUT2D eigenvalue weighted by Crippen LogP contribution is 2.21. The van der Waals surface area contributed by atoms with Crippen LogP contribution in [0.2, 0.25) is 0 Å². The van der Waals surface area contributed by atoms with Gasteiger partial charge in [0.2, 0.25) is 0 Å². The van der Waals surface area contributed by atoms with Gasteiger partial charge in [-0.3, -0.25) is 4.79 Å². The molecule has 1 aromatic rings. The van der Waals surface area contributed by atoms with Crippen molar-refractivity contribution in [3.8, 4) is 0 Å². The molecular formula is C13H17BrN2O2. The van der Waals surface area contributed by atoms with Gasteiger partial charge in [-0.15, -0.1) is 0 Å². The maximum Gasteiger partial charge on any atom is 0.255 e. The summed E-state index contributed by atoms with van der Waals surface area (Å²) in [5.74, 6) is 0.0456. The smallest absolute Gasteiger partial charge is 0.255 e. The fourth-order valence-corrected chi connectivity index (χ4v) is 2.60. The van der Waals surface area contributed by atoms with Crippen LogP contribution >= 0.6 is 15.9 Å². The van der Waals surface area contributed by atoms with E-state index in [9.17, 15) is 4.79 Å². The summed E-state index contributed by atoms with van der Waals surface area (Å²) in [7, 11) is 0. The summed E-state index contributed by atoms with van der Waals surface area (Å²) in [6.45, 7) is 2.36. The molecule has 1 heterocycles. The average Bonchev–Trinajstić information content (AvgIpc) is 2.40. The average molecular weight is 313 g/mol. The van der Waals surface area contributed by atoms with Crippen molar-refractivity contribution in [2.45, 2.75) is 12.5 Å². The first-order chi connectivity index (χ1) is 8.74. The molecule has 1 aromatic carbocycles. The SMILES string of the molecule is NCCC1COCCN1C(=O)c1ccccc1Br. The van der Waals surface area contributed by atoms with Crippen molar-refractivity contribution in [3.05, 3.63) is 34.3 Å². The van der Waals surface area contributed by atoms with Gasteiger partial charge in [0.25, 0.3) is 5.91 Å². The van der Waals surface area contributed by atoms with Crippen LogP contribution < -0.4 is 5.73 Å². The normalized spacial score (nSPS) is 19.9. The van der Waals surface area contributed by atoms with E-state index in [1.165, 1.54) is 0 Å². The Bertz CT molecular complexity index is 423. The Morgan fingerprint density at radius 2 is 2.28 bits per heavy atom. The summed E-state index contributed by atoms with van der Waals surface area (Å²) in [6.07, 6.45) is 0.774. The lowest BCUT2D eigenvalue weighted by atomic mass is 10.1. The van der Waals surface area contributed by atoms with E-state index in [1.807, 2.05) is 29.2 Å². The Balaban J connectivity index is 2.18. The molecule has 0 aliphatic carbocycles. The minimum absolute atomic E-state index is 0.0456. The highest BCUT2D eigenvalue weighted by Gasteiger charge is 2.28. The summed E-state index contributed by atoms with van der Waals surface area (Å²) >= 11 is 3.42. The topological polar surface area (TPSA) is 55.6 Å². The molecule has 98 valence electrons. The molecule has 1 fully saturated rings. The molecule has 1 atom stereocenters. The van der Waals surface area contributed by atoms with Gasteiger partial charge >= 0.3 is 0 Å². The number of benzene rings is 1. The Labute approximate surface area is 115 Å². The van der Waals surface area contributed by atoms with Gasteiger partial charge in [0.05, 0.1) is 24.8 Å². The fourth-order valence-electron chi connectivity index (χ4n) is 2.14. The zero-order valence-corrected chi connectivity index (χ0v) is 11.7. The number of halogens is 1. The van der Waals surface area contributed by atoms with Gasteiger partial charge in [-0.1, -0.05) is 12.1 Å². The van der Waals surface area contributed by atoms with E-state index in [0.29, 0.717) is 31.9 Å². The van der Waals surface area contributed by atoms with Gasteiger partial charge in [0, 0.05) is 11.0 Å². The number of carbonyl (C=O) groups is 1. The van der Waals surface area contributed by atoms with E-state index >= 15 is 0 Å². The fraction of sp³-hybridized carbons (Fsp3) is 0.462. The Kier molecular flexibility index (Phi) is 4.74. The van der Waals surface area contributed by atoms with Crippen LogP contribution in [0, 0.1) is 0 Å². The lowest BCUT2D eigenvalue weighted by Gasteiger charge is -2.35. The predicted molar refractivity (Wildman–Crippen MR) is 73.5 cm³/mol. The van der Waals surface area contributed by atoms with Gasteiger partial charge in [-0.05, 0) is 41.0 Å². The van der Waals surface area contributed by atoms with E-state index in [-0.39, 0.29) is 11.9 Å². The van der Waals surface area contributed by atoms with E-state index < -0.39 is 0 Å². The number of carbonyl (C=O) groups excluding carboxylic acids is 1. The third kappa shape index (κ3) is 2.91. The minimum Gasteiger partial charge on any atom is -0.377 e. The Morgan fingerprint density at radius 1 is 1.50 bits per heavy atom. The van der Waals surface area contributed by atoms with Crippen molar-refractivity contribution >= 4 is 21.8 Å². The summed E-state index contributed by atoms with van der Waals surface area (Å²) in [5, 5.41) is 0. The highest BCUT2D eigenvalue weighted by molar-refractivity contribution is 9.10. The maximum absolute atomic E-state index is 12.5. The Hall–Kier alpha value is -0.910. The molecule has 0 aromatic heterocycles. The van der Waals surface area contributed by atoms with Gasteiger partial charge in [0.15, 0.2) is 0 Å². The molecule has 1 saturated heterocycles. The number of nitrogens with zero attached hydrogens (tertiary/aromatic N) is 1. The lowest BCUT2D eigenvalue weighted by Crippen LogP contribution is -2.49. The van der Waals surface area contributed by atoms with Gasteiger partial charge in [-0.2, -0.15) is 0 Å². The molecule has 0 radical (unpaired) electrons. The van der Waals surface area contributed by atoms with Crippen LogP contribution in [0.5, 0.6) is 0 Å². The van der Waals surface area contributed by atoms with Crippen LogP contribution in [0.15, 0.2) is 28.7 Å². The van der Waals surface area contributed by atoms with E-state index in [1.54, 1.807) is 0 Å². The second-order valence-electron chi connectivity index (χ2n) is 4.28. The van der Waals surface area contributed by atoms with Gasteiger partial charge in [-0.25, -0.2) is 0 Å². The van der Waals surface area contributed by atoms with E-state index in [2.05, 4.69) is 15.9 Å². The number of ether oxygens (including phenoxy) is 1. The highest BCUT2D eigenvalue weighted by atomic mass is 79.9. The molecule has 1 aliphatic heterocycles. The Morgan fingerprint density at radius 3 is 3.00 bits per heavy atom. The molecule has 0 spiro atoms. The molecule has 18 heavy (non-hydrogen) atoms. The monoisotopic (exact) mass is 312 g/mol. The molecule has 2 N–H and O–H groups in total. The first-order valence-electron chi connectivity index (χ1n) is 6.07. The van der Waals surface area contributed by atoms with Crippen LogP contribution in [0.25, 0.3) is 0 Å². The summed E-state index contributed by atoms with van der Waals surface area (Å²) < 4.78 is 6.25. The summed E-state index contributed by atoms with van der Waals surface area (Å²) in [5.41, 5.74) is 6.28. The second-order valence-corrected chi connectivity index (χ2v) is 5.14. The van der Waals surface area contributed by atoms with E-state index in [0.717, 1.165) is 10.9 Å². The van der Waals surface area contributed by atoms with E-state index in [4.69, 9.17) is 10.5 Å². The third-order valence-electron chi connectivity index (χ3n) is 3.09. The van der Waals surface area contributed by atoms with Crippen LogP contribution in [-0.4, -0.2) is 43.2 Å². The van der Waals surface area contributed by atoms with Crippen molar-refractivity contribution in [1.29, 1.82) is 0 Å². The van der Waals surface area contributed by atoms with Crippen LogP contribution in [0.3, 0.4) is 0 Å². The van der Waals surface area contributed by atoms with Crippen LogP contribution in [-0.2, 0) is 4.74 Å². The first kappa shape index (κ1) is 13.5. The second kappa shape index (κ2) is 6.31. The number of hydrogen-bond acceptors (Lipinski definition) is 3. The predicted octanol–water partition coefficient (Wildman–Crippen LogP) is 1.64. The first-order valence-corrected chi connectivity index (χ1v) is 6.86. The van der Waals surface area contributed by atoms with Crippen molar-refractivity contribution in [2.24, 2.45) is 5.73 Å². The van der Waals surface area contributed by atoms with Gasteiger partial charge < -0.3 is 15.4 Å². The molecule has 2 rings (SSSR count). The van der Waals surface area contributed by atoms with Gasteiger partial charge in [0.1, 0.15) is 0 Å². The summed E-state index contributed by atoms with van der Waals surface area (Å²) in [4.78, 5) is 14.4. The molecule has 1 amide bonds. The zero-order valence-electron chi connectivity index (χ0n) is 10.1. The largest absolute Gasteiger partial charge is 0.377 e. The summed E-state index contributed by atoms with van der Waals surface area (Å²) in [6, 6.07) is 7.57. The molecule has 0 bridgehead atoms. The zero-order chi connectivity index (χ0) is 13.0. The quantitative estimate of drug-likeness (QED) is 0.923. The maximum atomic E-state index is 12.5. The van der Waals surface area contributed by atoms with Crippen molar-refractivity contribution < 1.29 is 9.53 Å². The minimum atomic E-state index is 0.0456. The molecular weight excluding hydrogens is 296 g/mol. The number of amides is 1. The lowest BCUT2D eigenvalue weighted by molar-refractivity contribution is -0.00349. The van der Waals surface area contributed by atoms with Crippen molar-refractivity contribution in [1.82, 2.24) is 4.90 Å². The molecule has 0 saturated carbocycles. The standard InChI is InChI=1S/C13H17BrN2O2/c14-12-4-2-1-3-11(12)13(17)16-7-8-18-9-10(16)5-6-15/h1-4,10H,5-9,15H2. The van der Waals surface area contributed by atoms with Crippen molar-refractivity contribution in [2.75, 3.05) is 26.3 Å². The molecule has 4 nitrogen and oxygen atoms in total.